The van der Waals surface area contributed by atoms with E-state index in [0.29, 0.717) is 23.5 Å². The summed E-state index contributed by atoms with van der Waals surface area (Å²) in [6.07, 6.45) is 0. The molecule has 1 unspecified atom stereocenters. The van der Waals surface area contributed by atoms with Gasteiger partial charge in [0.1, 0.15) is 11.4 Å². The number of carbonyl (C=O) groups excluding carboxylic acids is 1. The molecule has 11 heteroatoms. The van der Waals surface area contributed by atoms with E-state index in [1.165, 1.54) is 26.2 Å². The van der Waals surface area contributed by atoms with Crippen molar-refractivity contribution in [2.75, 3.05) is 14.1 Å². The summed E-state index contributed by atoms with van der Waals surface area (Å²) in [5.41, 5.74) is 2.93. The van der Waals surface area contributed by atoms with Gasteiger partial charge in [0, 0.05) is 19.7 Å². The van der Waals surface area contributed by atoms with Gasteiger partial charge in [-0.25, -0.2) is 12.7 Å². The van der Waals surface area contributed by atoms with Crippen molar-refractivity contribution in [1.29, 1.82) is 0 Å². The van der Waals surface area contributed by atoms with Crippen LogP contribution in [-0.4, -0.2) is 47.4 Å². The molecule has 1 atom stereocenters. The second kappa shape index (κ2) is 9.74. The maximum absolute atomic E-state index is 12.7. The van der Waals surface area contributed by atoms with Crippen molar-refractivity contribution in [2.24, 2.45) is 0 Å². The number of nitrogens with one attached hydrogen (secondary N) is 1. The number of aryl methyl sites for hydroxylation is 1. The number of carbonyl (C=O) groups is 1. The maximum atomic E-state index is 12.7. The van der Waals surface area contributed by atoms with Gasteiger partial charge in [-0.1, -0.05) is 24.3 Å². The average molecular weight is 486 g/mol. The van der Waals surface area contributed by atoms with Gasteiger partial charge in [0.25, 0.3) is 5.91 Å². The molecule has 0 radical (unpaired) electrons. The summed E-state index contributed by atoms with van der Waals surface area (Å²) in [5.74, 6) is -0.272. The van der Waals surface area contributed by atoms with Crippen molar-refractivity contribution in [2.45, 2.75) is 38.3 Å². The number of aromatic nitrogens is 2. The Balaban J connectivity index is 1.67. The molecule has 0 saturated carbocycles. The number of amides is 1. The molecule has 0 saturated heterocycles. The number of rotatable bonds is 8. The van der Waals surface area contributed by atoms with Gasteiger partial charge in [-0.05, 0) is 56.2 Å². The highest BCUT2D eigenvalue weighted by molar-refractivity contribution is 7.89. The minimum atomic E-state index is -3.51. The van der Waals surface area contributed by atoms with Crippen LogP contribution in [0.5, 0.6) is 0 Å². The molecule has 2 aromatic carbocycles. The Hall–Kier alpha value is -3.57. The van der Waals surface area contributed by atoms with E-state index in [0.717, 1.165) is 15.4 Å². The van der Waals surface area contributed by atoms with E-state index in [1.807, 2.05) is 6.92 Å². The molecule has 0 aliphatic rings. The van der Waals surface area contributed by atoms with Gasteiger partial charge in [-0.2, -0.15) is 5.10 Å². The third kappa shape index (κ3) is 5.15. The SMILES string of the molecule is Cc1nn(Cc2ccc(C(=O)NC(C)c3ccc(S(=O)(=O)N(C)C)cc3)cc2)c(C)c1[N+](=O)[O-]. The predicted molar refractivity (Wildman–Crippen MR) is 127 cm³/mol. The normalized spacial score (nSPS) is 12.5. The molecule has 3 rings (SSSR count). The molecule has 1 amide bonds. The van der Waals surface area contributed by atoms with Crippen LogP contribution in [0.3, 0.4) is 0 Å². The van der Waals surface area contributed by atoms with Gasteiger partial charge < -0.3 is 5.32 Å². The van der Waals surface area contributed by atoms with Crippen LogP contribution in [0, 0.1) is 24.0 Å². The van der Waals surface area contributed by atoms with Gasteiger partial charge in [-0.15, -0.1) is 0 Å². The lowest BCUT2D eigenvalue weighted by Gasteiger charge is -2.16. The lowest BCUT2D eigenvalue weighted by Crippen LogP contribution is -2.27. The Morgan fingerprint density at radius 1 is 1.12 bits per heavy atom. The van der Waals surface area contributed by atoms with Crippen molar-refractivity contribution in [3.05, 3.63) is 86.7 Å². The van der Waals surface area contributed by atoms with E-state index >= 15 is 0 Å². The summed E-state index contributed by atoms with van der Waals surface area (Å²) in [6.45, 7) is 5.42. The fourth-order valence-electron chi connectivity index (χ4n) is 3.54. The van der Waals surface area contributed by atoms with Gasteiger partial charge in [0.2, 0.25) is 10.0 Å². The summed E-state index contributed by atoms with van der Waals surface area (Å²) in [7, 11) is -0.572. The Kier molecular flexibility index (Phi) is 7.18. The Morgan fingerprint density at radius 2 is 1.71 bits per heavy atom. The van der Waals surface area contributed by atoms with Crippen LogP contribution in [0.1, 0.15) is 45.8 Å². The fourth-order valence-corrected chi connectivity index (χ4v) is 4.44. The molecule has 1 aromatic heterocycles. The van der Waals surface area contributed by atoms with E-state index in [2.05, 4.69) is 10.4 Å². The highest BCUT2D eigenvalue weighted by Crippen LogP contribution is 2.23. The monoisotopic (exact) mass is 485 g/mol. The second-order valence-electron chi connectivity index (χ2n) is 8.18. The minimum absolute atomic E-state index is 0.0114. The molecule has 0 aliphatic heterocycles. The first-order valence-electron chi connectivity index (χ1n) is 10.5. The fraction of sp³-hybridized carbons (Fsp3) is 0.304. The number of benzene rings is 2. The van der Waals surface area contributed by atoms with E-state index < -0.39 is 14.9 Å². The largest absolute Gasteiger partial charge is 0.346 e. The zero-order valence-electron chi connectivity index (χ0n) is 19.6. The molecular formula is C23H27N5O5S. The molecule has 1 heterocycles. The first-order chi connectivity index (χ1) is 15.9. The van der Waals surface area contributed by atoms with Crippen molar-refractivity contribution >= 4 is 21.6 Å². The Labute approximate surface area is 198 Å². The minimum Gasteiger partial charge on any atom is -0.346 e. The van der Waals surface area contributed by atoms with E-state index in [-0.39, 0.29) is 22.5 Å². The molecule has 180 valence electrons. The van der Waals surface area contributed by atoms with Crippen LogP contribution in [0.2, 0.25) is 0 Å². The number of sulfonamides is 1. The predicted octanol–water partition coefficient (Wildman–Crippen LogP) is 3.20. The zero-order valence-corrected chi connectivity index (χ0v) is 20.5. The molecule has 0 bridgehead atoms. The molecule has 0 aliphatic carbocycles. The van der Waals surface area contributed by atoms with Gasteiger partial charge in [0.15, 0.2) is 0 Å². The summed E-state index contributed by atoms with van der Waals surface area (Å²) in [6, 6.07) is 13.0. The van der Waals surface area contributed by atoms with E-state index in [9.17, 15) is 23.3 Å². The van der Waals surface area contributed by atoms with Crippen LogP contribution in [0.15, 0.2) is 53.4 Å². The number of nitro groups is 1. The van der Waals surface area contributed by atoms with E-state index in [4.69, 9.17) is 0 Å². The smallest absolute Gasteiger partial charge is 0.312 e. The first-order valence-corrected chi connectivity index (χ1v) is 12.0. The lowest BCUT2D eigenvalue weighted by atomic mass is 10.1. The second-order valence-corrected chi connectivity index (χ2v) is 10.3. The summed E-state index contributed by atoms with van der Waals surface area (Å²) in [5, 5.41) is 18.3. The van der Waals surface area contributed by atoms with Crippen molar-refractivity contribution in [3.8, 4) is 0 Å². The molecule has 1 N–H and O–H groups in total. The highest BCUT2D eigenvalue weighted by atomic mass is 32.2. The van der Waals surface area contributed by atoms with Crippen LogP contribution >= 0.6 is 0 Å². The zero-order chi connectivity index (χ0) is 25.2. The van der Waals surface area contributed by atoms with Gasteiger partial charge >= 0.3 is 5.69 Å². The highest BCUT2D eigenvalue weighted by Gasteiger charge is 2.22. The first kappa shape index (κ1) is 25.1. The number of hydrogen-bond acceptors (Lipinski definition) is 6. The van der Waals surface area contributed by atoms with Crippen molar-refractivity contribution in [3.63, 3.8) is 0 Å². The molecule has 10 nitrogen and oxygen atoms in total. The lowest BCUT2D eigenvalue weighted by molar-refractivity contribution is -0.386. The van der Waals surface area contributed by atoms with Gasteiger partial charge in [-0.3, -0.25) is 19.6 Å². The molecule has 0 spiro atoms. The van der Waals surface area contributed by atoms with Crippen LogP contribution in [-0.2, 0) is 16.6 Å². The third-order valence-electron chi connectivity index (χ3n) is 5.58. The Bertz CT molecular complexity index is 1310. The molecule has 34 heavy (non-hydrogen) atoms. The quantitative estimate of drug-likeness (QED) is 0.386. The standard InChI is InChI=1S/C23H27N5O5S/c1-15(19-10-12-21(13-11-19)34(32,33)26(4)5)24-23(29)20-8-6-18(7-9-20)14-27-17(3)22(28(30)31)16(2)25-27/h6-13,15H,14H2,1-5H3,(H,24,29). The maximum Gasteiger partial charge on any atom is 0.312 e. The molecule has 3 aromatic rings. The topological polar surface area (TPSA) is 127 Å². The number of hydrogen-bond donors (Lipinski definition) is 1. The number of nitrogens with zero attached hydrogens (tertiary/aromatic N) is 4. The summed E-state index contributed by atoms with van der Waals surface area (Å²) >= 11 is 0. The molecular weight excluding hydrogens is 458 g/mol. The summed E-state index contributed by atoms with van der Waals surface area (Å²) < 4.78 is 27.1. The van der Waals surface area contributed by atoms with Crippen molar-refractivity contribution < 1.29 is 18.1 Å². The summed E-state index contributed by atoms with van der Waals surface area (Å²) in [4.78, 5) is 23.6. The molecule has 0 fully saturated rings. The van der Waals surface area contributed by atoms with Crippen LogP contribution in [0.4, 0.5) is 5.69 Å². The Morgan fingerprint density at radius 3 is 2.21 bits per heavy atom. The van der Waals surface area contributed by atoms with Crippen LogP contribution < -0.4 is 5.32 Å². The average Bonchev–Trinajstić information content (AvgIpc) is 3.06. The van der Waals surface area contributed by atoms with Crippen LogP contribution in [0.25, 0.3) is 0 Å². The third-order valence-corrected chi connectivity index (χ3v) is 7.41. The van der Waals surface area contributed by atoms with E-state index in [1.54, 1.807) is 54.9 Å². The van der Waals surface area contributed by atoms with Crippen molar-refractivity contribution in [1.82, 2.24) is 19.4 Å². The van der Waals surface area contributed by atoms with Gasteiger partial charge in [0.05, 0.1) is 22.4 Å².